The van der Waals surface area contributed by atoms with E-state index in [4.69, 9.17) is 5.14 Å². The largest absolute Gasteiger partial charge is 0.494 e. The van der Waals surface area contributed by atoms with Crippen molar-refractivity contribution in [3.05, 3.63) is 48.2 Å². The Morgan fingerprint density at radius 1 is 1.26 bits per heavy atom. The molecule has 27 heavy (non-hydrogen) atoms. The number of carbonyl (C=O) groups excluding carboxylic acids is 1. The number of ether oxygens (including phenoxy) is 1. The van der Waals surface area contributed by atoms with E-state index in [0.717, 1.165) is 36.5 Å². The lowest BCUT2D eigenvalue weighted by atomic mass is 9.88. The van der Waals surface area contributed by atoms with Crippen molar-refractivity contribution in [3.63, 3.8) is 0 Å². The van der Waals surface area contributed by atoms with Crippen LogP contribution < -0.4 is 15.2 Å². The molecular formula is C19H23F2N3O2S. The first-order chi connectivity index (χ1) is 13.0. The minimum Gasteiger partial charge on any atom is -0.494 e. The standard InChI is InChI=1S/C12H17N3OS.C7H6F2O/c13-17-11-8-10(6-7-14-11)15-12(16)9-4-2-1-3-5-9;1-10-6-4-2-3-5(8)7(6)9/h6-9H,1-5,13H2,(H,14,15,16);2-4H,1H3. The number of nitrogens with two attached hydrogens (primary N) is 1. The molecule has 1 aliphatic rings. The lowest BCUT2D eigenvalue weighted by molar-refractivity contribution is -0.120. The van der Waals surface area contributed by atoms with Crippen molar-refractivity contribution in [3.8, 4) is 5.75 Å². The summed E-state index contributed by atoms with van der Waals surface area (Å²) in [6, 6.07) is 7.37. The van der Waals surface area contributed by atoms with E-state index < -0.39 is 11.6 Å². The summed E-state index contributed by atoms with van der Waals surface area (Å²) in [4.78, 5) is 16.1. The zero-order chi connectivity index (χ0) is 19.6. The van der Waals surface area contributed by atoms with E-state index in [-0.39, 0.29) is 17.6 Å². The summed E-state index contributed by atoms with van der Waals surface area (Å²) in [6.45, 7) is 0. The van der Waals surface area contributed by atoms with Gasteiger partial charge in [-0.25, -0.2) is 9.37 Å². The fourth-order valence-corrected chi connectivity index (χ4v) is 3.12. The Morgan fingerprint density at radius 3 is 2.63 bits per heavy atom. The van der Waals surface area contributed by atoms with Gasteiger partial charge < -0.3 is 10.1 Å². The van der Waals surface area contributed by atoms with Gasteiger partial charge in [-0.3, -0.25) is 9.93 Å². The number of nitrogens with zero attached hydrogens (tertiary/aromatic N) is 1. The molecule has 0 atom stereocenters. The molecule has 1 aromatic carbocycles. The molecule has 5 nitrogen and oxygen atoms in total. The summed E-state index contributed by atoms with van der Waals surface area (Å²) in [5, 5.41) is 9.09. The zero-order valence-corrected chi connectivity index (χ0v) is 15.9. The van der Waals surface area contributed by atoms with Crippen LogP contribution in [0.15, 0.2) is 41.6 Å². The predicted molar refractivity (Wildman–Crippen MR) is 102 cm³/mol. The second-order valence-electron chi connectivity index (χ2n) is 6.08. The van der Waals surface area contributed by atoms with Crippen molar-refractivity contribution >= 4 is 23.5 Å². The SMILES string of the molecule is COc1cccc(F)c1F.NSc1cc(NC(=O)C2CCCCC2)ccn1. The predicted octanol–water partition coefficient (Wildman–Crippen LogP) is 4.54. The van der Waals surface area contributed by atoms with Crippen molar-refractivity contribution in [2.24, 2.45) is 11.1 Å². The third-order valence-corrected chi connectivity index (χ3v) is 4.70. The number of aromatic nitrogens is 1. The minimum atomic E-state index is -0.940. The van der Waals surface area contributed by atoms with Gasteiger partial charge in [0, 0.05) is 17.8 Å². The van der Waals surface area contributed by atoms with Crippen LogP contribution in [-0.2, 0) is 4.79 Å². The monoisotopic (exact) mass is 395 g/mol. The Morgan fingerprint density at radius 2 is 2.00 bits per heavy atom. The number of pyridine rings is 1. The van der Waals surface area contributed by atoms with Crippen LogP contribution in [0.2, 0.25) is 0 Å². The highest BCUT2D eigenvalue weighted by atomic mass is 32.2. The number of halogens is 2. The van der Waals surface area contributed by atoms with Crippen molar-refractivity contribution < 1.29 is 18.3 Å². The van der Waals surface area contributed by atoms with Gasteiger partial charge in [0.2, 0.25) is 11.7 Å². The van der Waals surface area contributed by atoms with Gasteiger partial charge in [-0.2, -0.15) is 4.39 Å². The summed E-state index contributed by atoms with van der Waals surface area (Å²) >= 11 is 1.08. The molecule has 1 saturated carbocycles. The maximum absolute atomic E-state index is 12.5. The summed E-state index contributed by atoms with van der Waals surface area (Å²) in [5.41, 5.74) is 0.781. The summed E-state index contributed by atoms with van der Waals surface area (Å²) in [6.07, 6.45) is 7.26. The molecule has 0 saturated heterocycles. The van der Waals surface area contributed by atoms with E-state index in [1.165, 1.54) is 38.5 Å². The molecule has 3 rings (SSSR count). The molecule has 1 amide bonds. The Balaban J connectivity index is 0.000000223. The van der Waals surface area contributed by atoms with Crippen LogP contribution in [0.25, 0.3) is 0 Å². The average molecular weight is 395 g/mol. The number of rotatable bonds is 4. The highest BCUT2D eigenvalue weighted by Crippen LogP contribution is 2.25. The van der Waals surface area contributed by atoms with Crippen LogP contribution in [0.5, 0.6) is 5.75 Å². The normalized spacial score (nSPS) is 14.1. The van der Waals surface area contributed by atoms with Crippen molar-refractivity contribution in [2.45, 2.75) is 37.1 Å². The maximum atomic E-state index is 12.5. The third kappa shape index (κ3) is 6.48. The smallest absolute Gasteiger partial charge is 0.227 e. The molecule has 0 unspecified atom stereocenters. The average Bonchev–Trinajstić information content (AvgIpc) is 2.71. The molecular weight excluding hydrogens is 372 g/mol. The Hall–Kier alpha value is -2.19. The fourth-order valence-electron chi connectivity index (χ4n) is 2.80. The van der Waals surface area contributed by atoms with Gasteiger partial charge in [-0.05, 0) is 49.1 Å². The van der Waals surface area contributed by atoms with Crippen molar-refractivity contribution in [2.75, 3.05) is 12.4 Å². The molecule has 0 bridgehead atoms. The first-order valence-electron chi connectivity index (χ1n) is 8.66. The van der Waals surface area contributed by atoms with Crippen LogP contribution >= 0.6 is 11.9 Å². The quantitative estimate of drug-likeness (QED) is 0.743. The second kappa shape index (κ2) is 10.8. The molecule has 146 valence electrons. The fraction of sp³-hybridized carbons (Fsp3) is 0.368. The molecule has 3 N–H and O–H groups in total. The number of benzene rings is 1. The van der Waals surface area contributed by atoms with Crippen molar-refractivity contribution in [1.82, 2.24) is 4.98 Å². The van der Waals surface area contributed by atoms with Crippen LogP contribution in [0.3, 0.4) is 0 Å². The van der Waals surface area contributed by atoms with E-state index >= 15 is 0 Å². The zero-order valence-electron chi connectivity index (χ0n) is 15.1. The Kier molecular flexibility index (Phi) is 8.47. The van der Waals surface area contributed by atoms with Crippen LogP contribution in [0, 0.1) is 17.6 Å². The molecule has 1 heterocycles. The van der Waals surface area contributed by atoms with Gasteiger partial charge in [-0.15, -0.1) is 0 Å². The number of hydrogen-bond acceptors (Lipinski definition) is 5. The maximum Gasteiger partial charge on any atom is 0.227 e. The summed E-state index contributed by atoms with van der Waals surface area (Å²) in [5.74, 6) is -1.60. The highest BCUT2D eigenvalue weighted by Gasteiger charge is 2.21. The van der Waals surface area contributed by atoms with E-state index in [1.807, 2.05) is 0 Å². The number of nitrogens with one attached hydrogen (secondary N) is 1. The first-order valence-corrected chi connectivity index (χ1v) is 9.54. The molecule has 0 aliphatic heterocycles. The lowest BCUT2D eigenvalue weighted by Gasteiger charge is -2.20. The Labute approximate surface area is 161 Å². The highest BCUT2D eigenvalue weighted by molar-refractivity contribution is 7.97. The van der Waals surface area contributed by atoms with Gasteiger partial charge in [-0.1, -0.05) is 25.3 Å². The van der Waals surface area contributed by atoms with E-state index in [2.05, 4.69) is 15.0 Å². The van der Waals surface area contributed by atoms with Gasteiger partial charge >= 0.3 is 0 Å². The second-order valence-corrected chi connectivity index (χ2v) is 6.73. The first kappa shape index (κ1) is 21.1. The number of hydrogen-bond donors (Lipinski definition) is 2. The van der Waals surface area contributed by atoms with Crippen LogP contribution in [0.4, 0.5) is 14.5 Å². The molecule has 0 spiro atoms. The summed E-state index contributed by atoms with van der Waals surface area (Å²) in [7, 11) is 1.29. The van der Waals surface area contributed by atoms with Gasteiger partial charge in [0.05, 0.1) is 7.11 Å². The number of methoxy groups -OCH3 is 1. The number of anilines is 1. The van der Waals surface area contributed by atoms with Gasteiger partial charge in [0.25, 0.3) is 0 Å². The third-order valence-electron chi connectivity index (χ3n) is 4.24. The van der Waals surface area contributed by atoms with Crippen LogP contribution in [-0.4, -0.2) is 18.0 Å². The molecule has 2 aromatic rings. The van der Waals surface area contributed by atoms with E-state index in [1.54, 1.807) is 18.3 Å². The molecule has 0 radical (unpaired) electrons. The van der Waals surface area contributed by atoms with Gasteiger partial charge in [0.1, 0.15) is 5.03 Å². The summed E-state index contributed by atoms with van der Waals surface area (Å²) < 4.78 is 29.3. The molecule has 1 fully saturated rings. The molecule has 1 aliphatic carbocycles. The molecule has 1 aromatic heterocycles. The van der Waals surface area contributed by atoms with E-state index in [9.17, 15) is 13.6 Å². The van der Waals surface area contributed by atoms with Gasteiger partial charge in [0.15, 0.2) is 11.6 Å². The van der Waals surface area contributed by atoms with Crippen molar-refractivity contribution in [1.29, 1.82) is 0 Å². The minimum absolute atomic E-state index is 0.0694. The Bertz CT molecular complexity index is 755. The lowest BCUT2D eigenvalue weighted by Crippen LogP contribution is -2.24. The van der Waals surface area contributed by atoms with E-state index in [0.29, 0.717) is 5.03 Å². The topological polar surface area (TPSA) is 77.2 Å². The molecule has 8 heteroatoms. The van der Waals surface area contributed by atoms with Crippen LogP contribution in [0.1, 0.15) is 32.1 Å². The number of amides is 1. The number of carbonyl (C=O) groups is 1.